The van der Waals surface area contributed by atoms with Crippen LogP contribution in [0.5, 0.6) is 0 Å². The number of nitrogens with one attached hydrogen (secondary N) is 1. The molecular weight excluding hydrogens is 314 g/mol. The molecule has 1 aliphatic heterocycles. The third-order valence-electron chi connectivity index (χ3n) is 4.46. The van der Waals surface area contributed by atoms with Crippen LogP contribution in [0.1, 0.15) is 29.8 Å². The largest absolute Gasteiger partial charge is 0.355 e. The number of anilines is 2. The lowest BCUT2D eigenvalue weighted by Crippen LogP contribution is -2.31. The number of benzene rings is 1. The summed E-state index contributed by atoms with van der Waals surface area (Å²) < 4.78 is 0. The van der Waals surface area contributed by atoms with Crippen LogP contribution >= 0.6 is 0 Å². The van der Waals surface area contributed by atoms with Gasteiger partial charge in [0.05, 0.1) is 11.9 Å². The van der Waals surface area contributed by atoms with E-state index in [-0.39, 0.29) is 5.91 Å². The molecule has 1 aromatic carbocycles. The molecule has 0 spiro atoms. The van der Waals surface area contributed by atoms with E-state index in [0.717, 1.165) is 29.7 Å². The van der Waals surface area contributed by atoms with Gasteiger partial charge in [-0.15, -0.1) is 10.2 Å². The highest BCUT2D eigenvalue weighted by Gasteiger charge is 2.20. The number of pyridine rings is 1. The maximum absolute atomic E-state index is 12.7. The molecule has 4 rings (SSSR count). The third kappa shape index (κ3) is 3.15. The third-order valence-corrected chi connectivity index (χ3v) is 4.46. The zero-order chi connectivity index (χ0) is 17.1. The van der Waals surface area contributed by atoms with Gasteiger partial charge in [0.2, 0.25) is 0 Å². The Morgan fingerprint density at radius 3 is 2.52 bits per heavy atom. The van der Waals surface area contributed by atoms with Crippen LogP contribution in [-0.2, 0) is 0 Å². The van der Waals surface area contributed by atoms with Crippen molar-refractivity contribution in [3.8, 4) is 0 Å². The highest BCUT2D eigenvalue weighted by molar-refractivity contribution is 6.12. The van der Waals surface area contributed by atoms with Crippen LogP contribution in [0.4, 0.5) is 11.5 Å². The lowest BCUT2D eigenvalue weighted by Gasteiger charge is -2.28. The minimum absolute atomic E-state index is 0.276. The summed E-state index contributed by atoms with van der Waals surface area (Å²) in [5, 5.41) is 13.3. The van der Waals surface area contributed by atoms with Crippen LogP contribution in [0.2, 0.25) is 0 Å². The molecular formula is C19H19N5O. The van der Waals surface area contributed by atoms with Crippen molar-refractivity contribution >= 4 is 28.2 Å². The fourth-order valence-electron chi connectivity index (χ4n) is 3.22. The Balaban J connectivity index is 1.72. The Kier molecular flexibility index (Phi) is 4.24. The van der Waals surface area contributed by atoms with Crippen molar-refractivity contribution in [1.82, 2.24) is 15.2 Å². The number of rotatable bonds is 3. The molecule has 0 radical (unpaired) electrons. The molecule has 1 saturated heterocycles. The number of hydrogen-bond acceptors (Lipinski definition) is 5. The van der Waals surface area contributed by atoms with Gasteiger partial charge >= 0.3 is 0 Å². The van der Waals surface area contributed by atoms with Crippen LogP contribution < -0.4 is 10.2 Å². The molecule has 0 atom stereocenters. The lowest BCUT2D eigenvalue weighted by atomic mass is 10.1. The fraction of sp³-hybridized carbons (Fsp3) is 0.263. The molecule has 3 heterocycles. The molecule has 0 unspecified atom stereocenters. The van der Waals surface area contributed by atoms with Gasteiger partial charge in [-0.05, 0) is 31.4 Å². The van der Waals surface area contributed by atoms with Crippen molar-refractivity contribution in [3.63, 3.8) is 0 Å². The summed E-state index contributed by atoms with van der Waals surface area (Å²) in [6.07, 6.45) is 6.86. The highest BCUT2D eigenvalue weighted by atomic mass is 16.1. The van der Waals surface area contributed by atoms with Crippen LogP contribution in [0.15, 0.2) is 48.8 Å². The quantitative estimate of drug-likeness (QED) is 0.796. The van der Waals surface area contributed by atoms with E-state index < -0.39 is 0 Å². The topological polar surface area (TPSA) is 71.0 Å². The van der Waals surface area contributed by atoms with Crippen LogP contribution in [-0.4, -0.2) is 34.2 Å². The van der Waals surface area contributed by atoms with E-state index in [0.29, 0.717) is 11.4 Å². The lowest BCUT2D eigenvalue weighted by molar-refractivity contribution is 0.102. The maximum Gasteiger partial charge on any atom is 0.276 e. The van der Waals surface area contributed by atoms with Crippen molar-refractivity contribution in [2.24, 2.45) is 0 Å². The summed E-state index contributed by atoms with van der Waals surface area (Å²) in [5.74, 6) is 0.593. The first-order chi connectivity index (χ1) is 12.3. The van der Waals surface area contributed by atoms with Crippen molar-refractivity contribution in [2.75, 3.05) is 23.3 Å². The normalized spacial score (nSPS) is 14.5. The van der Waals surface area contributed by atoms with Crippen molar-refractivity contribution in [2.45, 2.75) is 19.3 Å². The van der Waals surface area contributed by atoms with Gasteiger partial charge in [-0.1, -0.05) is 24.3 Å². The first-order valence-electron chi connectivity index (χ1n) is 8.55. The Bertz CT molecular complexity index is 891. The van der Waals surface area contributed by atoms with Gasteiger partial charge in [0.1, 0.15) is 0 Å². The number of nitrogens with zero attached hydrogens (tertiary/aromatic N) is 4. The number of hydrogen-bond donors (Lipinski definition) is 1. The summed E-state index contributed by atoms with van der Waals surface area (Å²) in [4.78, 5) is 18.9. The molecule has 3 aromatic rings. The predicted molar refractivity (Wildman–Crippen MR) is 97.8 cm³/mol. The van der Waals surface area contributed by atoms with E-state index in [1.165, 1.54) is 19.3 Å². The summed E-state index contributed by atoms with van der Waals surface area (Å²) in [6, 6.07) is 11.4. The van der Waals surface area contributed by atoms with Gasteiger partial charge in [0.15, 0.2) is 11.5 Å². The molecule has 0 bridgehead atoms. The molecule has 2 aromatic heterocycles. The van der Waals surface area contributed by atoms with Gasteiger partial charge in [-0.3, -0.25) is 9.78 Å². The molecule has 1 amide bonds. The summed E-state index contributed by atoms with van der Waals surface area (Å²) in [7, 11) is 0. The molecule has 1 fully saturated rings. The molecule has 1 aliphatic rings. The first kappa shape index (κ1) is 15.5. The van der Waals surface area contributed by atoms with E-state index in [1.807, 2.05) is 24.3 Å². The standard InChI is InChI=1S/C19H19N5O/c25-19(21-14-7-6-10-20-13-14)17-15-8-2-3-9-16(15)18(23-22-17)24-11-4-1-5-12-24/h2-3,6-10,13H,1,4-5,11-12H2,(H,21,25). The SMILES string of the molecule is O=C(Nc1cccnc1)c1nnc(N2CCCCC2)c2ccccc12. The fourth-order valence-corrected chi connectivity index (χ4v) is 3.22. The van der Waals surface area contributed by atoms with E-state index >= 15 is 0 Å². The molecule has 0 saturated carbocycles. The molecule has 25 heavy (non-hydrogen) atoms. The van der Waals surface area contributed by atoms with Crippen molar-refractivity contribution < 1.29 is 4.79 Å². The number of aromatic nitrogens is 3. The van der Waals surface area contributed by atoms with E-state index in [2.05, 4.69) is 25.4 Å². The van der Waals surface area contributed by atoms with Crippen LogP contribution in [0.3, 0.4) is 0 Å². The van der Waals surface area contributed by atoms with Crippen molar-refractivity contribution in [3.05, 3.63) is 54.5 Å². The molecule has 0 aliphatic carbocycles. The Morgan fingerprint density at radius 1 is 0.960 bits per heavy atom. The number of carbonyl (C=O) groups is 1. The van der Waals surface area contributed by atoms with Crippen LogP contribution in [0.25, 0.3) is 10.8 Å². The maximum atomic E-state index is 12.7. The van der Waals surface area contributed by atoms with Gasteiger partial charge in [0, 0.05) is 30.1 Å². The summed E-state index contributed by atoms with van der Waals surface area (Å²) in [5.41, 5.74) is 0.971. The second-order valence-electron chi connectivity index (χ2n) is 6.16. The Labute approximate surface area is 145 Å². The zero-order valence-electron chi connectivity index (χ0n) is 13.9. The smallest absolute Gasteiger partial charge is 0.276 e. The average molecular weight is 333 g/mol. The van der Waals surface area contributed by atoms with Gasteiger partial charge in [0.25, 0.3) is 5.91 Å². The van der Waals surface area contributed by atoms with Gasteiger partial charge < -0.3 is 10.2 Å². The summed E-state index contributed by atoms with van der Waals surface area (Å²) in [6.45, 7) is 1.97. The zero-order valence-corrected chi connectivity index (χ0v) is 13.9. The Hall–Kier alpha value is -3.02. The van der Waals surface area contributed by atoms with Gasteiger partial charge in [-0.25, -0.2) is 0 Å². The minimum atomic E-state index is -0.276. The number of carbonyl (C=O) groups excluding carboxylic acids is 1. The molecule has 126 valence electrons. The number of fused-ring (bicyclic) bond motifs is 1. The number of amides is 1. The summed E-state index contributed by atoms with van der Waals surface area (Å²) >= 11 is 0. The van der Waals surface area contributed by atoms with Gasteiger partial charge in [-0.2, -0.15) is 0 Å². The monoisotopic (exact) mass is 333 g/mol. The second-order valence-corrected chi connectivity index (χ2v) is 6.16. The second kappa shape index (κ2) is 6.84. The number of piperidine rings is 1. The molecule has 6 nitrogen and oxygen atoms in total. The average Bonchev–Trinajstić information content (AvgIpc) is 2.68. The minimum Gasteiger partial charge on any atom is -0.355 e. The molecule has 1 N–H and O–H groups in total. The first-order valence-corrected chi connectivity index (χ1v) is 8.55. The van der Waals surface area contributed by atoms with Crippen LogP contribution in [0, 0.1) is 0 Å². The van der Waals surface area contributed by atoms with E-state index in [1.54, 1.807) is 24.5 Å². The highest BCUT2D eigenvalue weighted by Crippen LogP contribution is 2.28. The molecule has 6 heteroatoms. The van der Waals surface area contributed by atoms with Crippen molar-refractivity contribution in [1.29, 1.82) is 0 Å². The predicted octanol–water partition coefficient (Wildman–Crippen LogP) is 3.27. The van der Waals surface area contributed by atoms with E-state index in [4.69, 9.17) is 0 Å². The van der Waals surface area contributed by atoms with E-state index in [9.17, 15) is 4.79 Å². The Morgan fingerprint density at radius 2 is 1.76 bits per heavy atom.